The molecule has 0 amide bonds. The molecule has 37 heavy (non-hydrogen) atoms. The molecule has 0 heterocycles. The van der Waals surface area contributed by atoms with Crippen molar-refractivity contribution in [3.8, 4) is 71.0 Å². The average molecular weight is 528 g/mol. The van der Waals surface area contributed by atoms with Crippen molar-refractivity contribution in [2.24, 2.45) is 0 Å². The summed E-state index contributed by atoms with van der Waals surface area (Å²) in [5, 5.41) is 9.36. The lowest BCUT2D eigenvalue weighted by Gasteiger charge is -2.14. The van der Waals surface area contributed by atoms with E-state index >= 15 is 0 Å². The van der Waals surface area contributed by atoms with Crippen LogP contribution in [0.5, 0.6) is 0 Å². The van der Waals surface area contributed by atoms with Crippen molar-refractivity contribution in [1.29, 1.82) is 0 Å². The van der Waals surface area contributed by atoms with Gasteiger partial charge in [0.25, 0.3) is 0 Å². The van der Waals surface area contributed by atoms with E-state index in [0.29, 0.717) is 0 Å². The van der Waals surface area contributed by atoms with Gasteiger partial charge in [-0.05, 0) is 72.5 Å². The molecule has 6 nitrogen and oxygen atoms in total. The standard InChI is InChI=1S/C31H36O5.H3N.11H2/c1-3-5-7-9-11-13-15-17-19-21-23-25-30(33)35-28-29(27-32)36-31(34)26-24-22-20-18-16-14-12-10-8-6-4-2;;;;;;;;;;;;/h29,32H,4,6,8,10,12,14,16,18,20,22,24,26-28H2,1-2H3;1H3;11*1H/t29-;;;;;;;;;;;;/m1............/s1. The fourth-order valence-electron chi connectivity index (χ4n) is 2.90. The molecular weight excluding hydrogens is 466 g/mol. The Morgan fingerprint density at radius 1 is 0.730 bits per heavy atom. The van der Waals surface area contributed by atoms with Crippen molar-refractivity contribution in [3.05, 3.63) is 0 Å². The average Bonchev–Trinajstić information content (AvgIpc) is 2.88. The van der Waals surface area contributed by atoms with Crippen LogP contribution in [0.1, 0.15) is 107 Å². The fraction of sp³-hybridized carbons (Fsp3) is 0.548. The summed E-state index contributed by atoms with van der Waals surface area (Å²) in [7, 11) is 0. The summed E-state index contributed by atoms with van der Waals surface area (Å²) in [5.74, 6) is 28.0. The Labute approximate surface area is 239 Å². The minimum Gasteiger partial charge on any atom is -0.456 e. The lowest BCUT2D eigenvalue weighted by molar-refractivity contribution is -0.159. The zero-order valence-electron chi connectivity index (χ0n) is 22.3. The zero-order valence-corrected chi connectivity index (χ0v) is 22.3. The number of rotatable bonds is 16. The van der Waals surface area contributed by atoms with Crippen molar-refractivity contribution in [2.75, 3.05) is 13.2 Å². The van der Waals surface area contributed by atoms with Gasteiger partial charge in [-0.3, -0.25) is 4.79 Å². The second-order valence-electron chi connectivity index (χ2n) is 7.80. The van der Waals surface area contributed by atoms with Gasteiger partial charge in [-0.1, -0.05) is 77.1 Å². The number of aliphatic hydroxyl groups excluding tert-OH is 1. The molecule has 4 N–H and O–H groups in total. The van der Waals surface area contributed by atoms with Crippen LogP contribution in [-0.2, 0) is 19.1 Å². The molecule has 220 valence electrons. The fourth-order valence-corrected chi connectivity index (χ4v) is 2.90. The van der Waals surface area contributed by atoms with Crippen LogP contribution in [-0.4, -0.2) is 36.4 Å². The van der Waals surface area contributed by atoms with E-state index in [1.165, 1.54) is 51.4 Å². The first kappa shape index (κ1) is 35.4. The molecule has 0 fully saturated rings. The van der Waals surface area contributed by atoms with Crippen LogP contribution < -0.4 is 6.15 Å². The van der Waals surface area contributed by atoms with E-state index in [9.17, 15) is 14.7 Å². The lowest BCUT2D eigenvalue weighted by Crippen LogP contribution is -2.28. The van der Waals surface area contributed by atoms with E-state index in [-0.39, 0.29) is 34.9 Å². The molecule has 0 aliphatic rings. The van der Waals surface area contributed by atoms with Gasteiger partial charge in [0.1, 0.15) is 6.61 Å². The van der Waals surface area contributed by atoms with Crippen LogP contribution >= 0.6 is 0 Å². The molecule has 1 atom stereocenters. The first-order chi connectivity index (χ1) is 17.6. The molecule has 6 heteroatoms. The molecule has 0 rings (SSSR count). The van der Waals surface area contributed by atoms with E-state index in [1.54, 1.807) is 6.92 Å². The molecule has 0 bridgehead atoms. The predicted octanol–water partition coefficient (Wildman–Crippen LogP) is 7.04. The number of aliphatic hydroxyl groups is 1. The van der Waals surface area contributed by atoms with Crippen molar-refractivity contribution in [3.63, 3.8) is 0 Å². The van der Waals surface area contributed by atoms with Gasteiger partial charge >= 0.3 is 11.9 Å². The van der Waals surface area contributed by atoms with Crippen molar-refractivity contribution < 1.29 is 39.9 Å². The molecule has 0 aromatic carbocycles. The number of ether oxygens (including phenoxy) is 2. The summed E-state index contributed by atoms with van der Waals surface area (Å²) in [5.41, 5.74) is 0. The minimum absolute atomic E-state index is 0. The third-order valence-corrected chi connectivity index (χ3v) is 4.74. The van der Waals surface area contributed by atoms with Crippen LogP contribution in [0.4, 0.5) is 0 Å². The molecule has 0 aliphatic carbocycles. The summed E-state index contributed by atoms with van der Waals surface area (Å²) in [6.45, 7) is 3.18. The van der Waals surface area contributed by atoms with Gasteiger partial charge in [0.15, 0.2) is 6.10 Å². The number of hydrogen-bond acceptors (Lipinski definition) is 6. The Morgan fingerprint density at radius 2 is 1.19 bits per heavy atom. The van der Waals surface area contributed by atoms with Crippen LogP contribution in [0, 0.1) is 71.0 Å². The van der Waals surface area contributed by atoms with E-state index in [4.69, 9.17) is 9.47 Å². The van der Waals surface area contributed by atoms with Crippen molar-refractivity contribution >= 4 is 11.9 Å². The number of esters is 2. The van der Waals surface area contributed by atoms with Gasteiger partial charge in [0.05, 0.1) is 6.61 Å². The van der Waals surface area contributed by atoms with E-state index in [1.807, 2.05) is 0 Å². The normalized spacial score (nSPS) is 9.05. The highest BCUT2D eigenvalue weighted by atomic mass is 16.6. The predicted molar refractivity (Wildman–Crippen MR) is 170 cm³/mol. The van der Waals surface area contributed by atoms with E-state index in [0.717, 1.165) is 19.3 Å². The largest absolute Gasteiger partial charge is 0.456 e. The van der Waals surface area contributed by atoms with Crippen LogP contribution in [0.3, 0.4) is 0 Å². The molecule has 0 unspecified atom stereocenters. The van der Waals surface area contributed by atoms with E-state index in [2.05, 4.69) is 78.0 Å². The molecule has 0 saturated carbocycles. The Balaban J connectivity index is -0.0000000928. The van der Waals surface area contributed by atoms with Crippen molar-refractivity contribution in [1.82, 2.24) is 6.15 Å². The highest BCUT2D eigenvalue weighted by Crippen LogP contribution is 2.12. The summed E-state index contributed by atoms with van der Waals surface area (Å²) < 4.78 is 10.1. The minimum atomic E-state index is -0.919. The first-order valence-corrected chi connectivity index (χ1v) is 12.5. The summed E-state index contributed by atoms with van der Waals surface area (Å²) >= 11 is 0. The Bertz CT molecular complexity index is 1060. The van der Waals surface area contributed by atoms with Gasteiger partial charge in [0.2, 0.25) is 0 Å². The Hall–Kier alpha value is -3.78. The molecule has 0 aromatic rings. The maximum atomic E-state index is 11.9. The monoisotopic (exact) mass is 527 g/mol. The number of unbranched alkanes of at least 4 members (excludes halogenated alkanes) is 10. The Morgan fingerprint density at radius 3 is 1.68 bits per heavy atom. The van der Waals surface area contributed by atoms with Crippen LogP contribution in [0.2, 0.25) is 0 Å². The molecule has 0 spiro atoms. The molecular formula is C31H61NO5. The lowest BCUT2D eigenvalue weighted by atomic mass is 10.1. The molecule has 0 saturated heterocycles. The van der Waals surface area contributed by atoms with Crippen LogP contribution in [0.25, 0.3) is 0 Å². The first-order valence-electron chi connectivity index (χ1n) is 12.5. The highest BCUT2D eigenvalue weighted by molar-refractivity contribution is 5.89. The summed E-state index contributed by atoms with van der Waals surface area (Å²) in [6, 6.07) is 0. The number of carbonyl (C=O) groups excluding carboxylic acids is 2. The molecule has 0 aromatic heterocycles. The van der Waals surface area contributed by atoms with Gasteiger partial charge in [0, 0.05) is 28.0 Å². The van der Waals surface area contributed by atoms with Gasteiger partial charge in [-0.2, -0.15) is 0 Å². The highest BCUT2D eigenvalue weighted by Gasteiger charge is 2.15. The number of carbonyl (C=O) groups is 2. The zero-order chi connectivity index (χ0) is 26.5. The summed E-state index contributed by atoms with van der Waals surface area (Å²) in [6.07, 6.45) is 12.5. The second-order valence-corrected chi connectivity index (χ2v) is 7.80. The quantitative estimate of drug-likeness (QED) is 0.0964. The molecule has 0 aliphatic heterocycles. The molecule has 0 radical (unpaired) electrons. The SMILES string of the molecule is CC#CC#CC#CC#CC#CC#CC(=O)OC[C@@H](CO)OC(=O)CCCCCCCCCCCCC.N.[HH].[HH].[HH].[HH].[HH].[HH].[HH].[HH].[HH].[HH].[HH]. The van der Waals surface area contributed by atoms with Gasteiger partial charge < -0.3 is 20.7 Å². The van der Waals surface area contributed by atoms with Crippen molar-refractivity contribution in [2.45, 2.75) is 97.0 Å². The number of hydrogen-bond donors (Lipinski definition) is 2. The maximum Gasteiger partial charge on any atom is 0.385 e. The second kappa shape index (κ2) is 28.5. The Kier molecular flexibility index (Phi) is 27.2. The van der Waals surface area contributed by atoms with E-state index < -0.39 is 24.6 Å². The topological polar surface area (TPSA) is 108 Å². The van der Waals surface area contributed by atoms with Crippen LogP contribution in [0.15, 0.2) is 0 Å². The third-order valence-electron chi connectivity index (χ3n) is 4.74. The summed E-state index contributed by atoms with van der Waals surface area (Å²) in [4.78, 5) is 23.6. The maximum absolute atomic E-state index is 11.9. The van der Waals surface area contributed by atoms with Gasteiger partial charge in [-0.15, -0.1) is 0 Å². The third kappa shape index (κ3) is 26.7. The smallest absolute Gasteiger partial charge is 0.385 e. The van der Waals surface area contributed by atoms with Gasteiger partial charge in [-0.25, -0.2) is 4.79 Å².